The van der Waals surface area contributed by atoms with E-state index in [0.29, 0.717) is 11.4 Å². The summed E-state index contributed by atoms with van der Waals surface area (Å²) in [6.45, 7) is 3.33. The molecule has 138 valence electrons. The Bertz CT molecular complexity index is 832. The Morgan fingerprint density at radius 1 is 1.38 bits per heavy atom. The number of carbonyl (C=O) groups excluding carboxylic acids is 2. The van der Waals surface area contributed by atoms with Crippen molar-refractivity contribution in [2.75, 3.05) is 17.7 Å². The smallest absolute Gasteiger partial charge is 0.341 e. The van der Waals surface area contributed by atoms with Crippen LogP contribution in [-0.2, 0) is 9.53 Å². The molecular formula is C16H18N4O6. The number of anilines is 2. The van der Waals surface area contributed by atoms with E-state index in [-0.39, 0.29) is 23.5 Å². The Morgan fingerprint density at radius 3 is 2.65 bits per heavy atom. The fourth-order valence-electron chi connectivity index (χ4n) is 2.18. The van der Waals surface area contributed by atoms with E-state index >= 15 is 0 Å². The summed E-state index contributed by atoms with van der Waals surface area (Å²) in [6.07, 6.45) is -0.887. The highest BCUT2D eigenvalue weighted by Gasteiger charge is 2.25. The molecule has 1 heterocycles. The number of nitrogens with one attached hydrogen (secondary N) is 2. The van der Waals surface area contributed by atoms with E-state index in [1.807, 2.05) is 0 Å². The van der Waals surface area contributed by atoms with Crippen molar-refractivity contribution in [3.05, 3.63) is 45.7 Å². The van der Waals surface area contributed by atoms with Crippen LogP contribution in [-0.4, -0.2) is 35.1 Å². The van der Waals surface area contributed by atoms with Gasteiger partial charge in [-0.05, 0) is 19.4 Å². The first-order chi connectivity index (χ1) is 12.3. The third-order valence-electron chi connectivity index (χ3n) is 3.49. The fraction of sp³-hybridized carbons (Fsp3) is 0.312. The number of non-ortho nitro benzene ring substituents is 1. The van der Waals surface area contributed by atoms with Gasteiger partial charge in [0.2, 0.25) is 0 Å². The number of ether oxygens (including phenoxy) is 1. The molecule has 1 amide bonds. The largest absolute Gasteiger partial charge is 0.449 e. The summed E-state index contributed by atoms with van der Waals surface area (Å²) < 4.78 is 10.1. The quantitative estimate of drug-likeness (QED) is 0.435. The first kappa shape index (κ1) is 18.9. The highest BCUT2D eigenvalue weighted by molar-refractivity contribution is 6.00. The maximum Gasteiger partial charge on any atom is 0.341 e. The van der Waals surface area contributed by atoms with Crippen molar-refractivity contribution in [3.8, 4) is 0 Å². The van der Waals surface area contributed by atoms with Crippen molar-refractivity contribution >= 4 is 29.1 Å². The summed E-state index contributed by atoms with van der Waals surface area (Å²) in [6, 6.07) is 5.28. The molecule has 0 fully saturated rings. The predicted octanol–water partition coefficient (Wildman–Crippen LogP) is 2.51. The maximum absolute atomic E-state index is 12.4. The monoisotopic (exact) mass is 362 g/mol. The topological polar surface area (TPSA) is 137 Å². The number of carbonyl (C=O) groups is 2. The van der Waals surface area contributed by atoms with E-state index in [4.69, 9.17) is 9.26 Å². The molecule has 1 atom stereocenters. The lowest BCUT2D eigenvalue weighted by Crippen LogP contribution is -2.32. The van der Waals surface area contributed by atoms with Crippen LogP contribution in [0.15, 0.2) is 28.8 Å². The van der Waals surface area contributed by atoms with E-state index in [2.05, 4.69) is 15.8 Å². The van der Waals surface area contributed by atoms with E-state index in [1.165, 1.54) is 18.2 Å². The van der Waals surface area contributed by atoms with Crippen LogP contribution in [0.2, 0.25) is 0 Å². The second kappa shape index (κ2) is 8.10. The summed E-state index contributed by atoms with van der Waals surface area (Å²) in [4.78, 5) is 35.0. The third kappa shape index (κ3) is 4.35. The highest BCUT2D eigenvalue weighted by atomic mass is 16.6. The van der Waals surface area contributed by atoms with Crippen molar-refractivity contribution < 1.29 is 23.8 Å². The average molecular weight is 362 g/mol. The number of nitro groups is 1. The molecule has 2 rings (SSSR count). The van der Waals surface area contributed by atoms with Crippen molar-refractivity contribution in [2.45, 2.75) is 26.4 Å². The number of rotatable bonds is 7. The number of benzene rings is 1. The minimum absolute atomic E-state index is 0.0368. The minimum atomic E-state index is -1.09. The number of amides is 1. The van der Waals surface area contributed by atoms with Crippen LogP contribution in [0, 0.1) is 17.0 Å². The fourth-order valence-corrected chi connectivity index (χ4v) is 2.18. The zero-order chi connectivity index (χ0) is 19.3. The van der Waals surface area contributed by atoms with Gasteiger partial charge in [0.25, 0.3) is 11.6 Å². The molecule has 0 radical (unpaired) electrons. The predicted molar refractivity (Wildman–Crippen MR) is 92.0 cm³/mol. The maximum atomic E-state index is 12.4. The highest BCUT2D eigenvalue weighted by Crippen LogP contribution is 2.23. The van der Waals surface area contributed by atoms with Gasteiger partial charge in [0.05, 0.1) is 10.5 Å². The van der Waals surface area contributed by atoms with E-state index in [0.717, 1.165) is 6.07 Å². The molecule has 1 aromatic carbocycles. The van der Waals surface area contributed by atoms with Crippen molar-refractivity contribution in [1.82, 2.24) is 5.16 Å². The molecule has 0 saturated heterocycles. The van der Waals surface area contributed by atoms with Crippen molar-refractivity contribution in [2.24, 2.45) is 0 Å². The van der Waals surface area contributed by atoms with Crippen molar-refractivity contribution in [1.29, 1.82) is 0 Å². The summed E-state index contributed by atoms with van der Waals surface area (Å²) in [5.74, 6) is -0.712. The Kier molecular flexibility index (Phi) is 5.89. The number of hydrogen-bond donors (Lipinski definition) is 2. The number of nitro benzene ring substituents is 1. The Labute approximate surface area is 148 Å². The molecule has 0 saturated carbocycles. The molecule has 0 spiro atoms. The van der Waals surface area contributed by atoms with Gasteiger partial charge in [0.15, 0.2) is 11.9 Å². The number of aromatic nitrogens is 1. The standard InChI is InChI=1S/C16H18N4O6/c1-4-13(15(21)18-14-7-9(2)26-19-14)25-16(22)11-8-10(20(23)24)5-6-12(11)17-3/h5-8,13,17H,4H2,1-3H3,(H,18,19,21). The molecule has 0 aliphatic rings. The van der Waals surface area contributed by atoms with Gasteiger partial charge in [-0.2, -0.15) is 0 Å². The van der Waals surface area contributed by atoms with Gasteiger partial charge < -0.3 is 19.9 Å². The van der Waals surface area contributed by atoms with Crippen LogP contribution in [0.5, 0.6) is 0 Å². The SMILES string of the molecule is CCC(OC(=O)c1cc([N+](=O)[O-])ccc1NC)C(=O)Nc1cc(C)on1. The lowest BCUT2D eigenvalue weighted by molar-refractivity contribution is -0.384. The first-order valence-corrected chi connectivity index (χ1v) is 7.77. The van der Waals surface area contributed by atoms with E-state index < -0.39 is 22.9 Å². The van der Waals surface area contributed by atoms with Gasteiger partial charge in [-0.3, -0.25) is 14.9 Å². The normalized spacial score (nSPS) is 11.5. The molecular weight excluding hydrogens is 344 g/mol. The molecule has 10 heteroatoms. The molecule has 26 heavy (non-hydrogen) atoms. The molecule has 1 aromatic heterocycles. The van der Waals surface area contributed by atoms with Gasteiger partial charge in [-0.15, -0.1) is 0 Å². The Balaban J connectivity index is 2.16. The van der Waals surface area contributed by atoms with Crippen molar-refractivity contribution in [3.63, 3.8) is 0 Å². The Morgan fingerprint density at radius 2 is 2.12 bits per heavy atom. The molecule has 0 aliphatic heterocycles. The summed E-state index contributed by atoms with van der Waals surface area (Å²) in [7, 11) is 1.56. The zero-order valence-corrected chi connectivity index (χ0v) is 14.4. The van der Waals surface area contributed by atoms with Gasteiger partial charge in [0, 0.05) is 30.9 Å². The van der Waals surface area contributed by atoms with Gasteiger partial charge in [-0.1, -0.05) is 12.1 Å². The van der Waals surface area contributed by atoms with Gasteiger partial charge in [-0.25, -0.2) is 4.79 Å². The molecule has 2 aromatic rings. The second-order valence-corrected chi connectivity index (χ2v) is 5.35. The third-order valence-corrected chi connectivity index (χ3v) is 3.49. The minimum Gasteiger partial charge on any atom is -0.449 e. The van der Waals surface area contributed by atoms with Crippen LogP contribution in [0.1, 0.15) is 29.5 Å². The summed E-state index contributed by atoms with van der Waals surface area (Å²) >= 11 is 0. The Hall–Kier alpha value is -3.43. The van der Waals surface area contributed by atoms with E-state index in [9.17, 15) is 19.7 Å². The van der Waals surface area contributed by atoms with Crippen LogP contribution >= 0.6 is 0 Å². The van der Waals surface area contributed by atoms with Gasteiger partial charge >= 0.3 is 5.97 Å². The van der Waals surface area contributed by atoms with Crippen LogP contribution < -0.4 is 10.6 Å². The average Bonchev–Trinajstić information content (AvgIpc) is 3.03. The van der Waals surface area contributed by atoms with Crippen LogP contribution in [0.25, 0.3) is 0 Å². The molecule has 1 unspecified atom stereocenters. The number of esters is 1. The molecule has 2 N–H and O–H groups in total. The number of hydrogen-bond acceptors (Lipinski definition) is 8. The lowest BCUT2D eigenvalue weighted by atomic mass is 10.1. The van der Waals surface area contributed by atoms with Crippen LogP contribution in [0.3, 0.4) is 0 Å². The number of nitrogens with zero attached hydrogens (tertiary/aromatic N) is 2. The molecule has 0 bridgehead atoms. The molecule has 10 nitrogen and oxygen atoms in total. The van der Waals surface area contributed by atoms with E-state index in [1.54, 1.807) is 20.9 Å². The van der Waals surface area contributed by atoms with Crippen LogP contribution in [0.4, 0.5) is 17.2 Å². The zero-order valence-electron chi connectivity index (χ0n) is 14.4. The molecule has 0 aliphatic carbocycles. The number of aryl methyl sites for hydroxylation is 1. The second-order valence-electron chi connectivity index (χ2n) is 5.35. The first-order valence-electron chi connectivity index (χ1n) is 7.77. The summed E-state index contributed by atoms with van der Waals surface area (Å²) in [5.41, 5.74) is 0.0553. The summed E-state index contributed by atoms with van der Waals surface area (Å²) in [5, 5.41) is 19.8. The lowest BCUT2D eigenvalue weighted by Gasteiger charge is -2.16. The van der Waals surface area contributed by atoms with Gasteiger partial charge in [0.1, 0.15) is 5.76 Å².